The molecule has 2 atom stereocenters. The van der Waals surface area contributed by atoms with E-state index in [1.165, 1.54) is 24.8 Å². The highest BCUT2D eigenvalue weighted by molar-refractivity contribution is 6.23. The SMILES string of the molecule is CCCCCc1ccc([C@H](O)[C@@H](CO)NBOC)cc1. The molecule has 0 bridgehead atoms. The molecule has 0 fully saturated rings. The lowest BCUT2D eigenvalue weighted by Gasteiger charge is -2.22. The van der Waals surface area contributed by atoms with Crippen LogP contribution in [0.1, 0.15) is 43.4 Å². The predicted molar refractivity (Wildman–Crippen MR) is 82.8 cm³/mol. The zero-order chi connectivity index (χ0) is 14.8. The first kappa shape index (κ1) is 17.2. The van der Waals surface area contributed by atoms with Gasteiger partial charge in [0.1, 0.15) is 0 Å². The Morgan fingerprint density at radius 2 is 1.95 bits per heavy atom. The number of aliphatic hydroxyl groups excluding tert-OH is 2. The smallest absolute Gasteiger partial charge is 0.360 e. The van der Waals surface area contributed by atoms with Crippen LogP contribution < -0.4 is 5.23 Å². The van der Waals surface area contributed by atoms with Gasteiger partial charge in [-0.15, -0.1) is 0 Å². The molecule has 0 saturated heterocycles. The van der Waals surface area contributed by atoms with Crippen LogP contribution in [0.2, 0.25) is 0 Å². The predicted octanol–water partition coefficient (Wildman–Crippen LogP) is 1.32. The van der Waals surface area contributed by atoms with Gasteiger partial charge >= 0.3 is 7.62 Å². The molecule has 5 heteroatoms. The largest absolute Gasteiger partial charge is 0.427 e. The molecule has 0 amide bonds. The number of hydrogen-bond acceptors (Lipinski definition) is 4. The van der Waals surface area contributed by atoms with Gasteiger partial charge in [-0.3, -0.25) is 0 Å². The van der Waals surface area contributed by atoms with Gasteiger partial charge in [0, 0.05) is 7.11 Å². The maximum atomic E-state index is 10.2. The van der Waals surface area contributed by atoms with Crippen LogP contribution in [0.15, 0.2) is 24.3 Å². The first-order chi connectivity index (χ1) is 9.72. The maximum absolute atomic E-state index is 10.2. The van der Waals surface area contributed by atoms with Crippen LogP contribution in [0.25, 0.3) is 0 Å². The summed E-state index contributed by atoms with van der Waals surface area (Å²) in [4.78, 5) is 0. The first-order valence-corrected chi connectivity index (χ1v) is 7.33. The van der Waals surface area contributed by atoms with Gasteiger partial charge in [-0.2, -0.15) is 0 Å². The highest BCUT2D eigenvalue weighted by atomic mass is 16.4. The van der Waals surface area contributed by atoms with Gasteiger partial charge in [-0.1, -0.05) is 44.0 Å². The van der Waals surface area contributed by atoms with Crippen LogP contribution in [0.4, 0.5) is 0 Å². The van der Waals surface area contributed by atoms with Crippen LogP contribution in [-0.2, 0) is 11.1 Å². The summed E-state index contributed by atoms with van der Waals surface area (Å²) in [6.45, 7) is 2.06. The van der Waals surface area contributed by atoms with E-state index in [0.29, 0.717) is 7.62 Å². The summed E-state index contributed by atoms with van der Waals surface area (Å²) in [6, 6.07) is 7.56. The third-order valence-corrected chi connectivity index (χ3v) is 3.46. The number of rotatable bonds is 10. The van der Waals surface area contributed by atoms with Crippen molar-refractivity contribution in [3.8, 4) is 0 Å². The third kappa shape index (κ3) is 5.63. The average Bonchev–Trinajstić information content (AvgIpc) is 2.49. The van der Waals surface area contributed by atoms with Gasteiger partial charge in [-0.05, 0) is 24.0 Å². The van der Waals surface area contributed by atoms with E-state index in [2.05, 4.69) is 24.3 Å². The molecule has 4 nitrogen and oxygen atoms in total. The number of benzene rings is 1. The van der Waals surface area contributed by atoms with Crippen molar-refractivity contribution in [2.45, 2.75) is 44.8 Å². The van der Waals surface area contributed by atoms with Crippen LogP contribution in [0, 0.1) is 0 Å². The first-order valence-electron chi connectivity index (χ1n) is 7.33. The molecule has 1 rings (SSSR count). The van der Waals surface area contributed by atoms with Crippen molar-refractivity contribution in [1.29, 1.82) is 0 Å². The Bertz CT molecular complexity index is 359. The van der Waals surface area contributed by atoms with E-state index in [4.69, 9.17) is 4.65 Å². The van der Waals surface area contributed by atoms with Crippen molar-refractivity contribution in [2.24, 2.45) is 0 Å². The van der Waals surface area contributed by atoms with Crippen molar-refractivity contribution in [2.75, 3.05) is 13.7 Å². The summed E-state index contributed by atoms with van der Waals surface area (Å²) in [7, 11) is 1.87. The number of aliphatic hydroxyl groups is 2. The fourth-order valence-electron chi connectivity index (χ4n) is 2.16. The molecule has 20 heavy (non-hydrogen) atoms. The van der Waals surface area contributed by atoms with E-state index in [0.717, 1.165) is 12.0 Å². The summed E-state index contributed by atoms with van der Waals surface area (Å²) < 4.78 is 4.90. The third-order valence-electron chi connectivity index (χ3n) is 3.46. The molecule has 0 unspecified atom stereocenters. The quantitative estimate of drug-likeness (QED) is 0.446. The summed E-state index contributed by atoms with van der Waals surface area (Å²) in [6.07, 6.45) is 4.01. The Hall–Kier alpha value is -0.875. The summed E-state index contributed by atoms with van der Waals surface area (Å²) in [5, 5.41) is 22.5. The molecule has 1 aromatic carbocycles. The molecule has 0 heterocycles. The molecule has 0 aliphatic carbocycles. The molecule has 0 aromatic heterocycles. The number of unbranched alkanes of at least 4 members (excludes halogenated alkanes) is 2. The van der Waals surface area contributed by atoms with E-state index < -0.39 is 12.1 Å². The van der Waals surface area contributed by atoms with Gasteiger partial charge in [-0.25, -0.2) is 0 Å². The number of nitrogens with one attached hydrogen (secondary N) is 1. The van der Waals surface area contributed by atoms with Crippen molar-refractivity contribution < 1.29 is 14.9 Å². The van der Waals surface area contributed by atoms with Crippen molar-refractivity contribution in [3.63, 3.8) is 0 Å². The van der Waals surface area contributed by atoms with Crippen LogP contribution in [0.5, 0.6) is 0 Å². The molecular weight excluding hydrogens is 253 g/mol. The molecule has 0 aliphatic rings. The molecule has 0 spiro atoms. The Morgan fingerprint density at radius 3 is 2.50 bits per heavy atom. The number of aryl methyl sites for hydroxylation is 1. The van der Waals surface area contributed by atoms with Crippen molar-refractivity contribution >= 4 is 7.62 Å². The molecule has 1 aromatic rings. The van der Waals surface area contributed by atoms with Gasteiger partial charge in [0.25, 0.3) is 0 Å². The maximum Gasteiger partial charge on any atom is 0.360 e. The monoisotopic (exact) mass is 279 g/mol. The zero-order valence-corrected chi connectivity index (χ0v) is 12.5. The second kappa shape index (κ2) is 9.94. The van der Waals surface area contributed by atoms with Gasteiger partial charge in [0.05, 0.1) is 18.8 Å². The van der Waals surface area contributed by atoms with Gasteiger partial charge in [0.2, 0.25) is 0 Å². The van der Waals surface area contributed by atoms with Crippen molar-refractivity contribution in [3.05, 3.63) is 35.4 Å². The molecular formula is C15H26BNO3. The second-order valence-corrected chi connectivity index (χ2v) is 5.07. The minimum Gasteiger partial charge on any atom is -0.427 e. The molecule has 0 saturated carbocycles. The van der Waals surface area contributed by atoms with Gasteiger partial charge in [0.15, 0.2) is 0 Å². The van der Waals surface area contributed by atoms with E-state index in [1.807, 2.05) is 12.1 Å². The highest BCUT2D eigenvalue weighted by Crippen LogP contribution is 2.18. The molecule has 112 valence electrons. The van der Waals surface area contributed by atoms with E-state index in [-0.39, 0.29) is 6.61 Å². The molecule has 3 N–H and O–H groups in total. The van der Waals surface area contributed by atoms with Crippen molar-refractivity contribution in [1.82, 2.24) is 5.23 Å². The minimum atomic E-state index is -0.736. The molecule has 0 aliphatic heterocycles. The standard InChI is InChI=1S/C15H26BNO3/c1-3-4-5-6-12-7-9-13(10-8-12)15(19)14(11-18)17-16-20-2/h7-10,14-19H,3-6,11H2,1-2H3/t14-,15+/m1/s1. The lowest BCUT2D eigenvalue weighted by Crippen LogP contribution is -2.41. The fraction of sp³-hybridized carbons (Fsp3) is 0.600. The number of hydrogen-bond donors (Lipinski definition) is 3. The lowest BCUT2D eigenvalue weighted by atomic mass is 9.98. The normalized spacial score (nSPS) is 14.0. The van der Waals surface area contributed by atoms with E-state index in [9.17, 15) is 10.2 Å². The van der Waals surface area contributed by atoms with E-state index >= 15 is 0 Å². The van der Waals surface area contributed by atoms with Crippen LogP contribution >= 0.6 is 0 Å². The topological polar surface area (TPSA) is 61.7 Å². The zero-order valence-electron chi connectivity index (χ0n) is 12.5. The Morgan fingerprint density at radius 1 is 1.25 bits per heavy atom. The lowest BCUT2D eigenvalue weighted by molar-refractivity contribution is 0.0992. The summed E-state index contributed by atoms with van der Waals surface area (Å²) >= 11 is 0. The van der Waals surface area contributed by atoms with E-state index in [1.54, 1.807) is 7.11 Å². The summed E-state index contributed by atoms with van der Waals surface area (Å²) in [5.74, 6) is 0. The van der Waals surface area contributed by atoms with Crippen LogP contribution in [-0.4, -0.2) is 37.6 Å². The Labute approximate surface area is 122 Å². The Kier molecular flexibility index (Phi) is 8.54. The average molecular weight is 279 g/mol. The minimum absolute atomic E-state index is 0.136. The molecule has 0 radical (unpaired) electrons. The highest BCUT2D eigenvalue weighted by Gasteiger charge is 2.19. The fourth-order valence-corrected chi connectivity index (χ4v) is 2.16. The Balaban J connectivity index is 2.56. The second-order valence-electron chi connectivity index (χ2n) is 5.07. The summed E-state index contributed by atoms with van der Waals surface area (Å²) in [5.41, 5.74) is 2.10. The van der Waals surface area contributed by atoms with Crippen LogP contribution in [0.3, 0.4) is 0 Å². The van der Waals surface area contributed by atoms with Gasteiger partial charge < -0.3 is 20.1 Å².